The molecular formula is C17H33Cl2N3O2. The van der Waals surface area contributed by atoms with Gasteiger partial charge in [0.1, 0.15) is 0 Å². The van der Waals surface area contributed by atoms with Crippen molar-refractivity contribution >= 4 is 30.7 Å². The van der Waals surface area contributed by atoms with Crippen LogP contribution >= 0.6 is 24.8 Å². The minimum Gasteiger partial charge on any atom is -0.383 e. The van der Waals surface area contributed by atoms with Crippen molar-refractivity contribution in [3.63, 3.8) is 0 Å². The van der Waals surface area contributed by atoms with Gasteiger partial charge in [-0.05, 0) is 32.2 Å². The lowest BCUT2D eigenvalue weighted by molar-refractivity contribution is -0.148. The summed E-state index contributed by atoms with van der Waals surface area (Å²) in [6, 6.07) is 0.431. The van der Waals surface area contributed by atoms with E-state index >= 15 is 0 Å². The zero-order chi connectivity index (χ0) is 15.6. The van der Waals surface area contributed by atoms with E-state index in [1.807, 2.05) is 0 Å². The van der Waals surface area contributed by atoms with E-state index < -0.39 is 0 Å². The highest BCUT2D eigenvalue weighted by molar-refractivity contribution is 5.85. The normalized spacial score (nSPS) is 33.3. The number of methoxy groups -OCH3 is 1. The van der Waals surface area contributed by atoms with Crippen LogP contribution in [0.3, 0.4) is 0 Å². The third-order valence-electron chi connectivity index (χ3n) is 6.10. The number of hydrogen-bond acceptors (Lipinski definition) is 4. The predicted molar refractivity (Wildman–Crippen MR) is 101 cm³/mol. The summed E-state index contributed by atoms with van der Waals surface area (Å²) in [6.45, 7) is 8.63. The molecule has 0 bridgehead atoms. The fourth-order valence-electron chi connectivity index (χ4n) is 4.70. The minimum absolute atomic E-state index is 0. The van der Waals surface area contributed by atoms with Gasteiger partial charge in [0.15, 0.2) is 0 Å². The van der Waals surface area contributed by atoms with Crippen LogP contribution in [0.2, 0.25) is 0 Å². The zero-order valence-corrected chi connectivity index (χ0v) is 16.6. The molecule has 0 aromatic carbocycles. The van der Waals surface area contributed by atoms with E-state index in [9.17, 15) is 4.79 Å². The first-order valence-corrected chi connectivity index (χ1v) is 8.90. The Bertz CT molecular complexity index is 413. The van der Waals surface area contributed by atoms with Gasteiger partial charge in [-0.1, -0.05) is 12.8 Å². The van der Waals surface area contributed by atoms with Gasteiger partial charge in [0.2, 0.25) is 5.91 Å². The fourth-order valence-corrected chi connectivity index (χ4v) is 4.70. The molecule has 0 aromatic rings. The number of ether oxygens (including phenoxy) is 1. The maximum absolute atomic E-state index is 13.3. The summed E-state index contributed by atoms with van der Waals surface area (Å²) >= 11 is 0. The van der Waals surface area contributed by atoms with Crippen molar-refractivity contribution in [1.29, 1.82) is 0 Å². The maximum Gasteiger partial charge on any atom is 0.230 e. The molecule has 3 rings (SSSR count). The second kappa shape index (κ2) is 9.58. The average Bonchev–Trinajstić information content (AvgIpc) is 2.98. The Morgan fingerprint density at radius 1 is 1.29 bits per heavy atom. The number of halogens is 2. The summed E-state index contributed by atoms with van der Waals surface area (Å²) in [4.78, 5) is 17.9. The van der Waals surface area contributed by atoms with E-state index in [1.165, 1.54) is 19.3 Å². The highest BCUT2D eigenvalue weighted by Crippen LogP contribution is 2.45. The van der Waals surface area contributed by atoms with E-state index in [4.69, 9.17) is 4.74 Å². The Balaban J connectivity index is 0.00000144. The van der Waals surface area contributed by atoms with E-state index in [0.29, 0.717) is 17.9 Å². The van der Waals surface area contributed by atoms with Crippen molar-refractivity contribution in [2.75, 3.05) is 53.0 Å². The van der Waals surface area contributed by atoms with Gasteiger partial charge in [0, 0.05) is 45.9 Å². The highest BCUT2D eigenvalue weighted by atomic mass is 35.5. The van der Waals surface area contributed by atoms with Crippen LogP contribution in [0.5, 0.6) is 0 Å². The third kappa shape index (κ3) is 4.18. The van der Waals surface area contributed by atoms with Gasteiger partial charge in [0.25, 0.3) is 0 Å². The lowest BCUT2D eigenvalue weighted by atomic mass is 9.67. The number of rotatable bonds is 4. The van der Waals surface area contributed by atoms with Gasteiger partial charge in [-0.2, -0.15) is 0 Å². The van der Waals surface area contributed by atoms with Crippen LogP contribution in [-0.4, -0.2) is 74.7 Å². The van der Waals surface area contributed by atoms with Crippen LogP contribution in [-0.2, 0) is 9.53 Å². The molecule has 142 valence electrons. The standard InChI is InChI=1S/C17H31N3O2.2ClH/c1-14-12-20(8-7-19(14)9-10-22-2)16(21)17-6-4-3-5-15(17)11-18-13-17;;/h14-15,18H,3-13H2,1-2H3;2*1H/t14?,15-,17+;;/m0../s1. The first kappa shape index (κ1) is 22.0. The molecule has 1 unspecified atom stereocenters. The molecule has 0 radical (unpaired) electrons. The van der Waals surface area contributed by atoms with Crippen LogP contribution in [0.4, 0.5) is 0 Å². The number of carbonyl (C=O) groups is 1. The Morgan fingerprint density at radius 3 is 2.79 bits per heavy atom. The van der Waals surface area contributed by atoms with Crippen LogP contribution in [0.1, 0.15) is 32.6 Å². The molecule has 7 heteroatoms. The number of hydrogen-bond donors (Lipinski definition) is 1. The number of amides is 1. The molecular weight excluding hydrogens is 349 g/mol. The monoisotopic (exact) mass is 381 g/mol. The summed E-state index contributed by atoms with van der Waals surface area (Å²) in [5.41, 5.74) is -0.0906. The van der Waals surface area contributed by atoms with Gasteiger partial charge in [0.05, 0.1) is 12.0 Å². The molecule has 2 saturated heterocycles. The highest BCUT2D eigenvalue weighted by Gasteiger charge is 2.51. The van der Waals surface area contributed by atoms with Crippen molar-refractivity contribution < 1.29 is 9.53 Å². The Labute approximate surface area is 158 Å². The number of carbonyl (C=O) groups excluding carboxylic acids is 1. The molecule has 24 heavy (non-hydrogen) atoms. The first-order valence-electron chi connectivity index (χ1n) is 8.90. The maximum atomic E-state index is 13.3. The molecule has 3 atom stereocenters. The summed E-state index contributed by atoms with van der Waals surface area (Å²) in [5, 5.41) is 3.50. The van der Waals surface area contributed by atoms with E-state index in [0.717, 1.165) is 52.3 Å². The number of piperazine rings is 1. The van der Waals surface area contributed by atoms with Crippen LogP contribution in [0.25, 0.3) is 0 Å². The summed E-state index contributed by atoms with van der Waals surface area (Å²) in [5.74, 6) is 0.996. The van der Waals surface area contributed by atoms with Crippen molar-refractivity contribution in [3.8, 4) is 0 Å². The first-order chi connectivity index (χ1) is 10.7. The Hall–Kier alpha value is -0.0700. The molecule has 3 aliphatic rings. The Kier molecular flexibility index (Phi) is 8.77. The molecule has 2 aliphatic heterocycles. The Morgan fingerprint density at radius 2 is 2.08 bits per heavy atom. The topological polar surface area (TPSA) is 44.8 Å². The molecule has 5 nitrogen and oxygen atoms in total. The SMILES string of the molecule is COCCN1CCN(C(=O)[C@@]23CCCC[C@H]2CNC3)CC1C.Cl.Cl. The van der Waals surface area contributed by atoms with Crippen molar-refractivity contribution in [2.24, 2.45) is 11.3 Å². The molecule has 0 aromatic heterocycles. The number of nitrogens with zero attached hydrogens (tertiary/aromatic N) is 2. The second-order valence-corrected chi connectivity index (χ2v) is 7.36. The van der Waals surface area contributed by atoms with E-state index in [1.54, 1.807) is 7.11 Å². The van der Waals surface area contributed by atoms with Gasteiger partial charge in [-0.3, -0.25) is 9.69 Å². The molecule has 1 aliphatic carbocycles. The van der Waals surface area contributed by atoms with Crippen LogP contribution < -0.4 is 5.32 Å². The molecule has 0 spiro atoms. The summed E-state index contributed by atoms with van der Waals surface area (Å²) in [6.07, 6.45) is 4.82. The number of fused-ring (bicyclic) bond motifs is 1. The molecule has 1 saturated carbocycles. The molecule has 3 fully saturated rings. The van der Waals surface area contributed by atoms with Crippen molar-refractivity contribution in [2.45, 2.75) is 38.6 Å². The molecule has 2 heterocycles. The van der Waals surface area contributed by atoms with Gasteiger partial charge in [-0.15, -0.1) is 24.8 Å². The smallest absolute Gasteiger partial charge is 0.230 e. The lowest BCUT2D eigenvalue weighted by Crippen LogP contribution is -2.58. The van der Waals surface area contributed by atoms with E-state index in [2.05, 4.69) is 22.0 Å². The fraction of sp³-hybridized carbons (Fsp3) is 0.941. The zero-order valence-electron chi connectivity index (χ0n) is 15.0. The quantitative estimate of drug-likeness (QED) is 0.805. The average molecular weight is 382 g/mol. The number of nitrogens with one attached hydrogen (secondary N) is 1. The predicted octanol–water partition coefficient (Wildman–Crippen LogP) is 1.79. The molecule has 1 amide bonds. The minimum atomic E-state index is -0.0906. The molecule has 1 N–H and O–H groups in total. The lowest BCUT2D eigenvalue weighted by Gasteiger charge is -2.45. The second-order valence-electron chi connectivity index (χ2n) is 7.36. The van der Waals surface area contributed by atoms with Gasteiger partial charge >= 0.3 is 0 Å². The largest absolute Gasteiger partial charge is 0.383 e. The van der Waals surface area contributed by atoms with Crippen LogP contribution in [0.15, 0.2) is 0 Å². The van der Waals surface area contributed by atoms with Gasteiger partial charge < -0.3 is 15.0 Å². The van der Waals surface area contributed by atoms with Gasteiger partial charge in [-0.25, -0.2) is 0 Å². The van der Waals surface area contributed by atoms with Crippen LogP contribution in [0, 0.1) is 11.3 Å². The summed E-state index contributed by atoms with van der Waals surface area (Å²) in [7, 11) is 1.75. The summed E-state index contributed by atoms with van der Waals surface area (Å²) < 4.78 is 5.19. The van der Waals surface area contributed by atoms with Crippen molar-refractivity contribution in [1.82, 2.24) is 15.1 Å². The van der Waals surface area contributed by atoms with E-state index in [-0.39, 0.29) is 30.2 Å². The third-order valence-corrected chi connectivity index (χ3v) is 6.10. The van der Waals surface area contributed by atoms with Crippen molar-refractivity contribution in [3.05, 3.63) is 0 Å².